The number of rotatable bonds is 4. The molecule has 0 radical (unpaired) electrons. The molecule has 0 spiro atoms. The van der Waals surface area contributed by atoms with Gasteiger partial charge in [0.15, 0.2) is 0 Å². The highest BCUT2D eigenvalue weighted by atomic mass is 35.5. The summed E-state index contributed by atoms with van der Waals surface area (Å²) in [7, 11) is 0. The minimum absolute atomic E-state index is 0.0356. The van der Waals surface area contributed by atoms with E-state index in [1.54, 1.807) is 24.4 Å². The molecule has 2 aromatic heterocycles. The molecule has 29 heavy (non-hydrogen) atoms. The maximum absolute atomic E-state index is 14.0. The maximum Gasteiger partial charge on any atom is 0.251 e. The lowest BCUT2D eigenvalue weighted by Gasteiger charge is -2.21. The van der Waals surface area contributed by atoms with Crippen LogP contribution in [-0.2, 0) is 0 Å². The topological polar surface area (TPSA) is 59.8 Å². The van der Waals surface area contributed by atoms with Crippen molar-refractivity contribution in [2.24, 2.45) is 0 Å². The highest BCUT2D eigenvalue weighted by Crippen LogP contribution is 2.28. The number of pyridine rings is 1. The Hall–Kier alpha value is -2.73. The standard InChI is InChI=1S/C22H24ClFN4O/c1-13(2)28-20(8-9-25-28)19-12-15(21(29)27-22(3,4)5)11-18(26-19)14-6-7-16(23)17(24)10-14/h6-13H,1-5H3,(H,27,29). The Bertz CT molecular complexity index is 1050. The van der Waals surface area contributed by atoms with E-state index in [2.05, 4.69) is 15.4 Å². The van der Waals surface area contributed by atoms with Gasteiger partial charge in [0.1, 0.15) is 5.82 Å². The van der Waals surface area contributed by atoms with Crippen LogP contribution in [0, 0.1) is 5.82 Å². The molecule has 0 saturated carbocycles. The summed E-state index contributed by atoms with van der Waals surface area (Å²) in [5.41, 5.74) is 2.42. The van der Waals surface area contributed by atoms with Crippen molar-refractivity contribution in [1.29, 1.82) is 0 Å². The highest BCUT2D eigenvalue weighted by molar-refractivity contribution is 6.30. The summed E-state index contributed by atoms with van der Waals surface area (Å²) in [6.45, 7) is 9.77. The number of carbonyl (C=O) groups excluding carboxylic acids is 1. The second kappa shape index (κ2) is 7.95. The van der Waals surface area contributed by atoms with Gasteiger partial charge in [-0.3, -0.25) is 9.48 Å². The van der Waals surface area contributed by atoms with E-state index >= 15 is 0 Å². The first-order valence-electron chi connectivity index (χ1n) is 9.39. The zero-order chi connectivity index (χ0) is 21.3. The Balaban J connectivity index is 2.17. The molecule has 0 aliphatic carbocycles. The second-order valence-corrected chi connectivity index (χ2v) is 8.62. The SMILES string of the molecule is CC(C)n1nccc1-c1cc(C(=O)NC(C)(C)C)cc(-c2ccc(Cl)c(F)c2)n1. The quantitative estimate of drug-likeness (QED) is 0.612. The molecule has 2 heterocycles. The van der Waals surface area contributed by atoms with E-state index in [4.69, 9.17) is 11.6 Å². The number of nitrogens with zero attached hydrogens (tertiary/aromatic N) is 3. The van der Waals surface area contributed by atoms with Crippen LogP contribution in [-0.4, -0.2) is 26.2 Å². The third kappa shape index (κ3) is 4.82. The molecule has 3 rings (SSSR count). The summed E-state index contributed by atoms with van der Waals surface area (Å²) < 4.78 is 15.9. The van der Waals surface area contributed by atoms with E-state index in [9.17, 15) is 9.18 Å². The average molecular weight is 415 g/mol. The van der Waals surface area contributed by atoms with Gasteiger partial charge in [-0.25, -0.2) is 9.37 Å². The fourth-order valence-electron chi connectivity index (χ4n) is 2.94. The van der Waals surface area contributed by atoms with Crippen molar-refractivity contribution in [1.82, 2.24) is 20.1 Å². The maximum atomic E-state index is 14.0. The average Bonchev–Trinajstić information content (AvgIpc) is 3.12. The van der Waals surface area contributed by atoms with Crippen LogP contribution in [0.1, 0.15) is 51.0 Å². The van der Waals surface area contributed by atoms with Crippen molar-refractivity contribution in [3.63, 3.8) is 0 Å². The van der Waals surface area contributed by atoms with Crippen molar-refractivity contribution >= 4 is 17.5 Å². The molecule has 0 bridgehead atoms. The normalized spacial score (nSPS) is 11.7. The minimum Gasteiger partial charge on any atom is -0.347 e. The van der Waals surface area contributed by atoms with E-state index in [0.717, 1.165) is 5.69 Å². The predicted molar refractivity (Wildman–Crippen MR) is 113 cm³/mol. The largest absolute Gasteiger partial charge is 0.347 e. The van der Waals surface area contributed by atoms with E-state index in [0.29, 0.717) is 22.5 Å². The molecule has 1 aromatic carbocycles. The molecule has 7 heteroatoms. The summed E-state index contributed by atoms with van der Waals surface area (Å²) in [6.07, 6.45) is 1.69. The lowest BCUT2D eigenvalue weighted by Crippen LogP contribution is -2.40. The molecule has 0 aliphatic heterocycles. The number of amides is 1. The van der Waals surface area contributed by atoms with Gasteiger partial charge in [-0.1, -0.05) is 17.7 Å². The van der Waals surface area contributed by atoms with Crippen molar-refractivity contribution in [2.45, 2.75) is 46.2 Å². The fourth-order valence-corrected chi connectivity index (χ4v) is 3.06. The van der Waals surface area contributed by atoms with Crippen molar-refractivity contribution in [3.8, 4) is 22.6 Å². The van der Waals surface area contributed by atoms with Gasteiger partial charge in [0.2, 0.25) is 0 Å². The molecular weight excluding hydrogens is 391 g/mol. The fraction of sp³-hybridized carbons (Fsp3) is 0.318. The van der Waals surface area contributed by atoms with E-state index in [1.807, 2.05) is 45.4 Å². The van der Waals surface area contributed by atoms with Crippen molar-refractivity contribution in [3.05, 3.63) is 59.0 Å². The molecule has 152 valence electrons. The predicted octanol–water partition coefficient (Wildman–Crippen LogP) is 5.51. The number of carbonyl (C=O) groups is 1. The molecule has 0 atom stereocenters. The van der Waals surface area contributed by atoms with Gasteiger partial charge in [0, 0.05) is 28.9 Å². The lowest BCUT2D eigenvalue weighted by atomic mass is 10.0. The van der Waals surface area contributed by atoms with Gasteiger partial charge in [-0.2, -0.15) is 5.10 Å². The van der Waals surface area contributed by atoms with Gasteiger partial charge in [0.25, 0.3) is 5.91 Å². The first-order chi connectivity index (χ1) is 13.5. The van der Waals surface area contributed by atoms with E-state index < -0.39 is 11.4 Å². The number of nitrogens with one attached hydrogen (secondary N) is 1. The molecule has 1 amide bonds. The Morgan fingerprint density at radius 2 is 1.83 bits per heavy atom. The Labute approximate surface area is 174 Å². The van der Waals surface area contributed by atoms with Crippen LogP contribution in [0.25, 0.3) is 22.6 Å². The first-order valence-corrected chi connectivity index (χ1v) is 9.77. The van der Waals surface area contributed by atoms with Gasteiger partial charge in [-0.05, 0) is 65.0 Å². The lowest BCUT2D eigenvalue weighted by molar-refractivity contribution is 0.0919. The van der Waals surface area contributed by atoms with Crippen LogP contribution in [0.3, 0.4) is 0 Å². The van der Waals surface area contributed by atoms with Gasteiger partial charge >= 0.3 is 0 Å². The Kier molecular flexibility index (Phi) is 5.75. The van der Waals surface area contributed by atoms with Crippen molar-refractivity contribution in [2.75, 3.05) is 0 Å². The third-order valence-electron chi connectivity index (χ3n) is 4.21. The summed E-state index contributed by atoms with van der Waals surface area (Å²) in [4.78, 5) is 17.5. The smallest absolute Gasteiger partial charge is 0.251 e. The van der Waals surface area contributed by atoms with E-state index in [1.165, 1.54) is 12.1 Å². The highest BCUT2D eigenvalue weighted by Gasteiger charge is 2.19. The van der Waals surface area contributed by atoms with Crippen molar-refractivity contribution < 1.29 is 9.18 Å². The van der Waals surface area contributed by atoms with Crippen LogP contribution in [0.4, 0.5) is 4.39 Å². The van der Waals surface area contributed by atoms with Gasteiger partial charge in [-0.15, -0.1) is 0 Å². The molecule has 0 unspecified atom stereocenters. The first kappa shape index (κ1) is 21.0. The monoisotopic (exact) mass is 414 g/mol. The number of benzene rings is 1. The van der Waals surface area contributed by atoms with E-state index in [-0.39, 0.29) is 17.0 Å². The van der Waals surface area contributed by atoms with Crippen LogP contribution < -0.4 is 5.32 Å². The molecular formula is C22H24ClFN4O. The zero-order valence-corrected chi connectivity index (χ0v) is 17.9. The van der Waals surface area contributed by atoms with Crippen LogP contribution in [0.15, 0.2) is 42.6 Å². The van der Waals surface area contributed by atoms with Crippen LogP contribution >= 0.6 is 11.6 Å². The molecule has 0 aliphatic rings. The number of hydrogen-bond donors (Lipinski definition) is 1. The minimum atomic E-state index is -0.538. The molecule has 3 aromatic rings. The summed E-state index contributed by atoms with van der Waals surface area (Å²) in [5, 5.41) is 7.35. The molecule has 5 nitrogen and oxygen atoms in total. The summed E-state index contributed by atoms with van der Waals surface area (Å²) >= 11 is 5.82. The number of hydrogen-bond acceptors (Lipinski definition) is 3. The van der Waals surface area contributed by atoms with Crippen LogP contribution in [0.5, 0.6) is 0 Å². The number of halogens is 2. The van der Waals surface area contributed by atoms with Crippen LogP contribution in [0.2, 0.25) is 5.02 Å². The zero-order valence-electron chi connectivity index (χ0n) is 17.1. The molecule has 1 N–H and O–H groups in total. The molecule has 0 fully saturated rings. The van der Waals surface area contributed by atoms with Gasteiger partial charge < -0.3 is 5.32 Å². The second-order valence-electron chi connectivity index (χ2n) is 8.21. The molecule has 0 saturated heterocycles. The summed E-state index contributed by atoms with van der Waals surface area (Å²) in [5.74, 6) is -0.767. The summed E-state index contributed by atoms with van der Waals surface area (Å²) in [6, 6.07) is 9.83. The number of aromatic nitrogens is 3. The Morgan fingerprint density at radius 1 is 1.14 bits per heavy atom. The third-order valence-corrected chi connectivity index (χ3v) is 4.52. The Morgan fingerprint density at radius 3 is 2.45 bits per heavy atom. The van der Waals surface area contributed by atoms with Gasteiger partial charge in [0.05, 0.1) is 22.1 Å².